The van der Waals surface area contributed by atoms with E-state index in [1.807, 2.05) is 31.2 Å². The van der Waals surface area contributed by atoms with Crippen LogP contribution in [0.15, 0.2) is 24.3 Å². The molecular formula is C10H12O2. The van der Waals surface area contributed by atoms with Gasteiger partial charge in [0.1, 0.15) is 6.61 Å². The fourth-order valence-electron chi connectivity index (χ4n) is 1.08. The van der Waals surface area contributed by atoms with Gasteiger partial charge in [0, 0.05) is 6.42 Å². The van der Waals surface area contributed by atoms with E-state index in [0.717, 1.165) is 11.1 Å². The first-order valence-electron chi connectivity index (χ1n) is 3.91. The predicted octanol–water partition coefficient (Wildman–Crippen LogP) is 1.10. The molecule has 64 valence electrons. The van der Waals surface area contributed by atoms with Gasteiger partial charge in [-0.1, -0.05) is 24.3 Å². The minimum absolute atomic E-state index is 0.135. The summed E-state index contributed by atoms with van der Waals surface area (Å²) < 4.78 is 0. The minimum atomic E-state index is -0.367. The average molecular weight is 164 g/mol. The normalized spacial score (nSPS) is 9.83. The van der Waals surface area contributed by atoms with Gasteiger partial charge in [-0.15, -0.1) is 0 Å². The SMILES string of the molecule is Cc1ccccc1CC(=O)CO. The van der Waals surface area contributed by atoms with Crippen molar-refractivity contribution in [2.75, 3.05) is 6.61 Å². The third kappa shape index (κ3) is 2.17. The molecule has 0 bridgehead atoms. The molecule has 0 aliphatic rings. The molecule has 1 rings (SSSR count). The Labute approximate surface area is 71.8 Å². The fourth-order valence-corrected chi connectivity index (χ4v) is 1.08. The number of ketones is 1. The van der Waals surface area contributed by atoms with E-state index in [1.54, 1.807) is 0 Å². The molecule has 0 saturated carbocycles. The first-order valence-corrected chi connectivity index (χ1v) is 3.91. The van der Waals surface area contributed by atoms with Crippen molar-refractivity contribution in [1.82, 2.24) is 0 Å². The van der Waals surface area contributed by atoms with Gasteiger partial charge in [0.25, 0.3) is 0 Å². The second-order valence-electron chi connectivity index (χ2n) is 2.80. The summed E-state index contributed by atoms with van der Waals surface area (Å²) in [6, 6.07) is 7.69. The molecule has 0 amide bonds. The third-order valence-electron chi connectivity index (χ3n) is 1.83. The Balaban J connectivity index is 2.75. The lowest BCUT2D eigenvalue weighted by molar-refractivity contribution is -0.121. The van der Waals surface area contributed by atoms with Crippen molar-refractivity contribution in [3.63, 3.8) is 0 Å². The monoisotopic (exact) mass is 164 g/mol. The topological polar surface area (TPSA) is 37.3 Å². The largest absolute Gasteiger partial charge is 0.389 e. The molecule has 2 nitrogen and oxygen atoms in total. The van der Waals surface area contributed by atoms with E-state index < -0.39 is 0 Å². The van der Waals surface area contributed by atoms with Crippen LogP contribution in [-0.4, -0.2) is 17.5 Å². The average Bonchev–Trinajstić information content (AvgIpc) is 2.09. The van der Waals surface area contributed by atoms with E-state index in [-0.39, 0.29) is 12.4 Å². The van der Waals surface area contributed by atoms with E-state index in [0.29, 0.717) is 6.42 Å². The molecule has 0 heterocycles. The molecule has 0 unspecified atom stereocenters. The maximum absolute atomic E-state index is 10.9. The Morgan fingerprint density at radius 2 is 2.08 bits per heavy atom. The molecule has 2 heteroatoms. The van der Waals surface area contributed by atoms with Crippen LogP contribution in [0.2, 0.25) is 0 Å². The molecule has 0 aromatic heterocycles. The Hall–Kier alpha value is -1.15. The molecular weight excluding hydrogens is 152 g/mol. The smallest absolute Gasteiger partial charge is 0.162 e. The molecule has 0 fully saturated rings. The fraction of sp³-hybridized carbons (Fsp3) is 0.300. The number of hydrogen-bond acceptors (Lipinski definition) is 2. The number of aliphatic hydroxyl groups is 1. The van der Waals surface area contributed by atoms with Crippen LogP contribution in [0.3, 0.4) is 0 Å². The van der Waals surface area contributed by atoms with Gasteiger partial charge in [-0.05, 0) is 18.1 Å². The van der Waals surface area contributed by atoms with E-state index in [2.05, 4.69) is 0 Å². The number of aryl methyl sites for hydroxylation is 1. The Bertz CT molecular complexity index is 279. The number of carbonyl (C=O) groups excluding carboxylic acids is 1. The highest BCUT2D eigenvalue weighted by Gasteiger charge is 2.02. The minimum Gasteiger partial charge on any atom is -0.389 e. The van der Waals surface area contributed by atoms with Crippen molar-refractivity contribution in [1.29, 1.82) is 0 Å². The van der Waals surface area contributed by atoms with Crippen molar-refractivity contribution in [2.24, 2.45) is 0 Å². The molecule has 12 heavy (non-hydrogen) atoms. The number of benzene rings is 1. The van der Waals surface area contributed by atoms with Crippen LogP contribution >= 0.6 is 0 Å². The van der Waals surface area contributed by atoms with Crippen molar-refractivity contribution < 1.29 is 9.90 Å². The number of aliphatic hydroxyl groups excluding tert-OH is 1. The standard InChI is InChI=1S/C10H12O2/c1-8-4-2-3-5-9(8)6-10(12)7-11/h2-5,11H,6-7H2,1H3. The van der Waals surface area contributed by atoms with Crippen LogP contribution in [0, 0.1) is 6.92 Å². The van der Waals surface area contributed by atoms with Crippen LogP contribution in [0.25, 0.3) is 0 Å². The zero-order valence-corrected chi connectivity index (χ0v) is 7.08. The van der Waals surface area contributed by atoms with Gasteiger partial charge in [0.05, 0.1) is 0 Å². The lowest BCUT2D eigenvalue weighted by atomic mass is 10.0. The summed E-state index contributed by atoms with van der Waals surface area (Å²) in [6.07, 6.45) is 0.336. The summed E-state index contributed by atoms with van der Waals surface area (Å²) in [4.78, 5) is 10.9. The van der Waals surface area contributed by atoms with Gasteiger partial charge in [0.15, 0.2) is 5.78 Å². The number of carbonyl (C=O) groups is 1. The number of hydrogen-bond donors (Lipinski definition) is 1. The summed E-state index contributed by atoms with van der Waals surface area (Å²) in [6.45, 7) is 1.59. The van der Waals surface area contributed by atoms with Gasteiger partial charge >= 0.3 is 0 Å². The first kappa shape index (κ1) is 8.94. The quantitative estimate of drug-likeness (QED) is 0.726. The highest BCUT2D eigenvalue weighted by Crippen LogP contribution is 2.07. The van der Waals surface area contributed by atoms with Crippen LogP contribution in [0.4, 0.5) is 0 Å². The summed E-state index contributed by atoms with van der Waals surface area (Å²) in [7, 11) is 0. The molecule has 0 atom stereocenters. The highest BCUT2D eigenvalue weighted by molar-refractivity contribution is 5.82. The predicted molar refractivity (Wildman–Crippen MR) is 47.0 cm³/mol. The lowest BCUT2D eigenvalue weighted by Crippen LogP contribution is -2.08. The maximum Gasteiger partial charge on any atom is 0.162 e. The molecule has 0 saturated heterocycles. The van der Waals surface area contributed by atoms with Crippen LogP contribution in [-0.2, 0) is 11.2 Å². The second-order valence-corrected chi connectivity index (χ2v) is 2.80. The molecule has 1 aromatic carbocycles. The second kappa shape index (κ2) is 4.02. The van der Waals surface area contributed by atoms with E-state index >= 15 is 0 Å². The maximum atomic E-state index is 10.9. The van der Waals surface area contributed by atoms with E-state index in [1.165, 1.54) is 0 Å². The third-order valence-corrected chi connectivity index (χ3v) is 1.83. The summed E-state index contributed by atoms with van der Waals surface area (Å²) >= 11 is 0. The van der Waals surface area contributed by atoms with Crippen LogP contribution in [0.1, 0.15) is 11.1 Å². The molecule has 0 radical (unpaired) electrons. The molecule has 0 aliphatic carbocycles. The molecule has 1 aromatic rings. The number of Topliss-reactive ketones (excluding diaryl/α,β-unsaturated/α-hetero) is 1. The Morgan fingerprint density at radius 1 is 1.42 bits per heavy atom. The highest BCUT2D eigenvalue weighted by atomic mass is 16.3. The summed E-state index contributed by atoms with van der Waals surface area (Å²) in [5, 5.41) is 8.54. The van der Waals surface area contributed by atoms with Gasteiger partial charge in [-0.3, -0.25) is 4.79 Å². The molecule has 1 N–H and O–H groups in total. The number of rotatable bonds is 3. The summed E-state index contributed by atoms with van der Waals surface area (Å²) in [5.41, 5.74) is 2.09. The Morgan fingerprint density at radius 3 is 2.67 bits per heavy atom. The van der Waals surface area contributed by atoms with E-state index in [9.17, 15) is 4.79 Å². The summed E-state index contributed by atoms with van der Waals surface area (Å²) in [5.74, 6) is -0.135. The van der Waals surface area contributed by atoms with Gasteiger partial charge in [-0.25, -0.2) is 0 Å². The molecule has 0 spiro atoms. The van der Waals surface area contributed by atoms with Crippen LogP contribution < -0.4 is 0 Å². The zero-order chi connectivity index (χ0) is 8.97. The lowest BCUT2D eigenvalue weighted by Gasteiger charge is -2.02. The Kier molecular flexibility index (Phi) is 3.00. The van der Waals surface area contributed by atoms with Gasteiger partial charge in [0.2, 0.25) is 0 Å². The van der Waals surface area contributed by atoms with Gasteiger partial charge < -0.3 is 5.11 Å². The van der Waals surface area contributed by atoms with Gasteiger partial charge in [-0.2, -0.15) is 0 Å². The van der Waals surface area contributed by atoms with Crippen molar-refractivity contribution in [3.8, 4) is 0 Å². The first-order chi connectivity index (χ1) is 5.74. The van der Waals surface area contributed by atoms with Crippen molar-refractivity contribution in [2.45, 2.75) is 13.3 Å². The zero-order valence-electron chi connectivity index (χ0n) is 7.08. The van der Waals surface area contributed by atoms with Crippen molar-refractivity contribution in [3.05, 3.63) is 35.4 Å². The van der Waals surface area contributed by atoms with E-state index in [4.69, 9.17) is 5.11 Å². The van der Waals surface area contributed by atoms with Crippen molar-refractivity contribution >= 4 is 5.78 Å². The van der Waals surface area contributed by atoms with Crippen LogP contribution in [0.5, 0.6) is 0 Å². The molecule has 0 aliphatic heterocycles.